The van der Waals surface area contributed by atoms with E-state index in [-0.39, 0.29) is 17.9 Å². The van der Waals surface area contributed by atoms with E-state index in [1.165, 1.54) is 7.11 Å². The maximum atomic E-state index is 12.5. The van der Waals surface area contributed by atoms with Crippen LogP contribution in [0.15, 0.2) is 30.3 Å². The molecule has 0 aromatic heterocycles. The second-order valence-electron chi connectivity index (χ2n) is 5.44. The molecule has 0 bridgehead atoms. The van der Waals surface area contributed by atoms with Gasteiger partial charge in [0.2, 0.25) is 5.91 Å². The van der Waals surface area contributed by atoms with Gasteiger partial charge in [0, 0.05) is 26.7 Å². The van der Waals surface area contributed by atoms with Crippen molar-refractivity contribution in [2.45, 2.75) is 19.4 Å². The Kier molecular flexibility index (Phi) is 5.20. The fourth-order valence-electron chi connectivity index (χ4n) is 2.72. The average Bonchev–Trinajstić information content (AvgIpc) is 2.54. The van der Waals surface area contributed by atoms with Crippen LogP contribution in [0.4, 0.5) is 4.79 Å². The third-order valence-corrected chi connectivity index (χ3v) is 3.84. The Morgan fingerprint density at radius 1 is 1.33 bits per heavy atom. The molecule has 0 N–H and O–H groups in total. The second-order valence-corrected chi connectivity index (χ2v) is 5.44. The van der Waals surface area contributed by atoms with Gasteiger partial charge in [-0.1, -0.05) is 30.3 Å². The highest BCUT2D eigenvalue weighted by atomic mass is 16.5. The summed E-state index contributed by atoms with van der Waals surface area (Å²) in [4.78, 5) is 27.4. The van der Waals surface area contributed by atoms with Crippen LogP contribution in [0.3, 0.4) is 0 Å². The lowest BCUT2D eigenvalue weighted by Gasteiger charge is -2.33. The molecule has 1 aliphatic heterocycles. The van der Waals surface area contributed by atoms with E-state index in [1.54, 1.807) is 9.80 Å². The van der Waals surface area contributed by atoms with Crippen molar-refractivity contribution in [2.24, 2.45) is 5.92 Å². The first-order chi connectivity index (χ1) is 10.1. The molecular weight excluding hydrogens is 268 g/mol. The maximum absolute atomic E-state index is 12.5. The Balaban J connectivity index is 1.94. The Morgan fingerprint density at radius 3 is 2.71 bits per heavy atom. The van der Waals surface area contributed by atoms with Crippen molar-refractivity contribution >= 4 is 12.0 Å². The van der Waals surface area contributed by atoms with Crippen LogP contribution in [0.5, 0.6) is 0 Å². The highest BCUT2D eigenvalue weighted by Crippen LogP contribution is 2.20. The number of piperidine rings is 1. The molecule has 0 saturated carbocycles. The number of amides is 2. The Hall–Kier alpha value is -2.04. The lowest BCUT2D eigenvalue weighted by Crippen LogP contribution is -2.45. The molecule has 1 fully saturated rings. The number of hydrogen-bond donors (Lipinski definition) is 0. The van der Waals surface area contributed by atoms with Gasteiger partial charge in [-0.25, -0.2) is 4.79 Å². The van der Waals surface area contributed by atoms with Crippen molar-refractivity contribution in [3.8, 4) is 0 Å². The zero-order valence-corrected chi connectivity index (χ0v) is 12.6. The van der Waals surface area contributed by atoms with Crippen molar-refractivity contribution < 1.29 is 14.3 Å². The topological polar surface area (TPSA) is 49.9 Å². The highest BCUT2D eigenvalue weighted by Gasteiger charge is 2.30. The van der Waals surface area contributed by atoms with Gasteiger partial charge < -0.3 is 14.5 Å². The van der Waals surface area contributed by atoms with Crippen LogP contribution in [0.1, 0.15) is 18.4 Å². The molecule has 114 valence electrons. The molecule has 1 atom stereocenters. The van der Waals surface area contributed by atoms with Crippen LogP contribution < -0.4 is 0 Å². The number of nitrogens with zero attached hydrogens (tertiary/aromatic N) is 2. The summed E-state index contributed by atoms with van der Waals surface area (Å²) >= 11 is 0. The third kappa shape index (κ3) is 3.97. The number of rotatable bonds is 3. The number of carbonyl (C=O) groups is 2. The first kappa shape index (κ1) is 15.4. The molecule has 0 aliphatic carbocycles. The van der Waals surface area contributed by atoms with Crippen molar-refractivity contribution in [3.05, 3.63) is 35.9 Å². The van der Waals surface area contributed by atoms with Crippen molar-refractivity contribution in [1.29, 1.82) is 0 Å². The predicted octanol–water partition coefficient (Wildman–Crippen LogP) is 2.12. The summed E-state index contributed by atoms with van der Waals surface area (Å²) in [6.07, 6.45) is 1.31. The summed E-state index contributed by atoms with van der Waals surface area (Å²) in [6.45, 7) is 1.71. The van der Waals surface area contributed by atoms with Gasteiger partial charge in [0.1, 0.15) is 0 Å². The van der Waals surface area contributed by atoms with Gasteiger partial charge in [0.25, 0.3) is 0 Å². The molecule has 2 rings (SSSR count). The molecule has 1 aromatic rings. The highest BCUT2D eigenvalue weighted by molar-refractivity contribution is 5.80. The average molecular weight is 290 g/mol. The minimum Gasteiger partial charge on any atom is -0.453 e. The Labute approximate surface area is 125 Å². The minimum absolute atomic E-state index is 0.0902. The van der Waals surface area contributed by atoms with E-state index in [0.717, 1.165) is 18.4 Å². The lowest BCUT2D eigenvalue weighted by molar-refractivity contribution is -0.136. The van der Waals surface area contributed by atoms with Crippen molar-refractivity contribution in [2.75, 3.05) is 27.2 Å². The first-order valence-electron chi connectivity index (χ1n) is 7.23. The summed E-state index contributed by atoms with van der Waals surface area (Å²) in [6, 6.07) is 9.90. The van der Waals surface area contributed by atoms with Crippen molar-refractivity contribution in [1.82, 2.24) is 9.80 Å². The van der Waals surface area contributed by atoms with Crippen molar-refractivity contribution in [3.63, 3.8) is 0 Å². The number of hydrogen-bond acceptors (Lipinski definition) is 3. The number of methoxy groups -OCH3 is 1. The van der Waals surface area contributed by atoms with Gasteiger partial charge in [0.15, 0.2) is 0 Å². The van der Waals surface area contributed by atoms with E-state index in [9.17, 15) is 9.59 Å². The molecule has 1 aliphatic rings. The summed E-state index contributed by atoms with van der Waals surface area (Å²) in [5.41, 5.74) is 1.11. The zero-order valence-electron chi connectivity index (χ0n) is 12.6. The first-order valence-corrected chi connectivity index (χ1v) is 7.23. The molecule has 2 amide bonds. The lowest BCUT2D eigenvalue weighted by atomic mass is 9.97. The van der Waals surface area contributed by atoms with Gasteiger partial charge in [-0.2, -0.15) is 0 Å². The molecule has 1 saturated heterocycles. The van der Waals surface area contributed by atoms with Gasteiger partial charge in [0.05, 0.1) is 13.0 Å². The fraction of sp³-hybridized carbons (Fsp3) is 0.500. The summed E-state index contributed by atoms with van der Waals surface area (Å²) in [5, 5.41) is 0. The van der Waals surface area contributed by atoms with Crippen LogP contribution in [-0.2, 0) is 16.1 Å². The standard InChI is InChI=1S/C16H22N2O3/c1-17(11-13-7-4-3-5-8-13)15(19)14-9-6-10-18(12-14)16(20)21-2/h3-5,7-8,14H,6,9-12H2,1-2H3. The predicted molar refractivity (Wildman–Crippen MR) is 79.6 cm³/mol. The molecule has 21 heavy (non-hydrogen) atoms. The SMILES string of the molecule is COC(=O)N1CCCC(C(=O)N(C)Cc2ccccc2)C1. The summed E-state index contributed by atoms with van der Waals surface area (Å²) in [5.74, 6) is -0.0426. The quantitative estimate of drug-likeness (QED) is 0.857. The monoisotopic (exact) mass is 290 g/mol. The van der Waals surface area contributed by atoms with Crippen LogP contribution in [-0.4, -0.2) is 49.0 Å². The molecule has 0 spiro atoms. The summed E-state index contributed by atoms with van der Waals surface area (Å²) in [7, 11) is 3.18. The number of benzene rings is 1. The second kappa shape index (κ2) is 7.11. The van der Waals surface area contributed by atoms with Gasteiger partial charge in [-0.05, 0) is 18.4 Å². The van der Waals surface area contributed by atoms with Crippen LogP contribution >= 0.6 is 0 Å². The van der Waals surface area contributed by atoms with Gasteiger partial charge >= 0.3 is 6.09 Å². The number of ether oxygens (including phenoxy) is 1. The van der Waals surface area contributed by atoms with Gasteiger partial charge in [-0.15, -0.1) is 0 Å². The molecule has 5 heteroatoms. The summed E-state index contributed by atoms with van der Waals surface area (Å²) < 4.78 is 4.74. The van der Waals surface area contributed by atoms with E-state index in [1.807, 2.05) is 37.4 Å². The van der Waals surface area contributed by atoms with E-state index < -0.39 is 0 Å². The third-order valence-electron chi connectivity index (χ3n) is 3.84. The minimum atomic E-state index is -0.349. The fourth-order valence-corrected chi connectivity index (χ4v) is 2.72. The molecular formula is C16H22N2O3. The molecule has 1 unspecified atom stereocenters. The largest absolute Gasteiger partial charge is 0.453 e. The smallest absolute Gasteiger partial charge is 0.409 e. The number of likely N-dealkylation sites (tertiary alicyclic amines) is 1. The number of carbonyl (C=O) groups excluding carboxylic acids is 2. The molecule has 1 aromatic carbocycles. The molecule has 5 nitrogen and oxygen atoms in total. The zero-order chi connectivity index (χ0) is 15.2. The van der Waals surface area contributed by atoms with E-state index in [2.05, 4.69) is 0 Å². The Morgan fingerprint density at radius 2 is 2.05 bits per heavy atom. The maximum Gasteiger partial charge on any atom is 0.409 e. The van der Waals surface area contributed by atoms with Gasteiger partial charge in [-0.3, -0.25) is 4.79 Å². The van der Waals surface area contributed by atoms with E-state index in [4.69, 9.17) is 4.74 Å². The Bertz CT molecular complexity index is 490. The van der Waals surface area contributed by atoms with Crippen LogP contribution in [0, 0.1) is 5.92 Å². The van der Waals surface area contributed by atoms with Crippen LogP contribution in [0.2, 0.25) is 0 Å². The molecule has 0 radical (unpaired) electrons. The van der Waals surface area contributed by atoms with E-state index in [0.29, 0.717) is 19.6 Å². The molecule has 1 heterocycles. The van der Waals surface area contributed by atoms with E-state index >= 15 is 0 Å². The normalized spacial score (nSPS) is 18.2. The van der Waals surface area contributed by atoms with Crippen LogP contribution in [0.25, 0.3) is 0 Å².